The summed E-state index contributed by atoms with van der Waals surface area (Å²) in [5, 5.41) is 6.96. The van der Waals surface area contributed by atoms with Gasteiger partial charge >= 0.3 is 0 Å². The van der Waals surface area contributed by atoms with E-state index in [4.69, 9.17) is 4.99 Å². The molecule has 1 aromatic carbocycles. The first kappa shape index (κ1) is 25.9. The Bertz CT molecular complexity index is 1490. The zero-order valence-corrected chi connectivity index (χ0v) is 22.8. The molecule has 2 aromatic heterocycles. The summed E-state index contributed by atoms with van der Waals surface area (Å²) in [6, 6.07) is 12.6. The van der Waals surface area contributed by atoms with E-state index in [0.29, 0.717) is 12.5 Å². The minimum atomic E-state index is 0.533. The fourth-order valence-electron chi connectivity index (χ4n) is 5.27. The van der Waals surface area contributed by atoms with Crippen LogP contribution < -0.4 is 10.6 Å². The molecule has 2 fully saturated rings. The SMILES string of the molecule is C=Nc1cncc(C2CC2)c1C(=NCc1ccnc(Nc2cccc(C3=CCC=CC=C3)c2)c1)N1CCNCC1. The molecule has 3 aromatic rings. The van der Waals surface area contributed by atoms with Gasteiger partial charge in [0.1, 0.15) is 11.7 Å². The fraction of sp³-hybridized carbons (Fsp3) is 0.273. The van der Waals surface area contributed by atoms with Crippen molar-refractivity contribution in [1.29, 1.82) is 0 Å². The largest absolute Gasteiger partial charge is 0.354 e. The molecule has 1 aliphatic heterocycles. The van der Waals surface area contributed by atoms with Crippen LogP contribution in [0.1, 0.15) is 47.4 Å². The van der Waals surface area contributed by atoms with Gasteiger partial charge in [0.2, 0.25) is 0 Å². The van der Waals surface area contributed by atoms with E-state index >= 15 is 0 Å². The Balaban J connectivity index is 1.26. The minimum Gasteiger partial charge on any atom is -0.354 e. The molecule has 1 saturated heterocycles. The highest BCUT2D eigenvalue weighted by Crippen LogP contribution is 2.43. The normalized spacial score (nSPS) is 17.4. The van der Waals surface area contributed by atoms with E-state index in [9.17, 15) is 0 Å². The Labute approximate surface area is 236 Å². The van der Waals surface area contributed by atoms with Crippen molar-refractivity contribution in [2.24, 2.45) is 9.98 Å². The first-order chi connectivity index (χ1) is 19.8. The van der Waals surface area contributed by atoms with Gasteiger partial charge in [-0.25, -0.2) is 4.98 Å². The van der Waals surface area contributed by atoms with Gasteiger partial charge < -0.3 is 15.5 Å². The van der Waals surface area contributed by atoms with Gasteiger partial charge in [-0.05, 0) is 78.4 Å². The van der Waals surface area contributed by atoms with Crippen LogP contribution in [0, 0.1) is 0 Å². The highest BCUT2D eigenvalue weighted by molar-refractivity contribution is 6.04. The molecule has 0 radical (unpaired) electrons. The van der Waals surface area contributed by atoms with Gasteiger partial charge in [-0.15, -0.1) is 0 Å². The second-order valence-corrected chi connectivity index (χ2v) is 10.4. The molecule has 40 heavy (non-hydrogen) atoms. The van der Waals surface area contributed by atoms with E-state index in [1.165, 1.54) is 29.5 Å². The molecule has 3 aliphatic rings. The molecular weight excluding hydrogens is 494 g/mol. The highest BCUT2D eigenvalue weighted by Gasteiger charge is 2.31. The summed E-state index contributed by atoms with van der Waals surface area (Å²) < 4.78 is 0. The van der Waals surface area contributed by atoms with Crippen molar-refractivity contribution < 1.29 is 0 Å². The molecule has 202 valence electrons. The number of rotatable bonds is 8. The second-order valence-electron chi connectivity index (χ2n) is 10.4. The van der Waals surface area contributed by atoms with Gasteiger partial charge in [0.25, 0.3) is 0 Å². The first-order valence-electron chi connectivity index (χ1n) is 14.1. The quantitative estimate of drug-likeness (QED) is 0.269. The van der Waals surface area contributed by atoms with Crippen LogP contribution in [0.4, 0.5) is 17.2 Å². The van der Waals surface area contributed by atoms with Gasteiger partial charge in [-0.3, -0.25) is 15.0 Å². The monoisotopic (exact) mass is 529 g/mol. The number of pyridine rings is 2. The maximum absolute atomic E-state index is 5.22. The van der Waals surface area contributed by atoms with Gasteiger partial charge in [-0.2, -0.15) is 0 Å². The van der Waals surface area contributed by atoms with Crippen LogP contribution in [0.3, 0.4) is 0 Å². The van der Waals surface area contributed by atoms with E-state index in [1.807, 2.05) is 24.7 Å². The van der Waals surface area contributed by atoms with Crippen molar-refractivity contribution in [3.63, 3.8) is 0 Å². The molecule has 0 unspecified atom stereocenters. The lowest BCUT2D eigenvalue weighted by Gasteiger charge is -2.32. The van der Waals surface area contributed by atoms with E-state index in [2.05, 4.69) is 97.9 Å². The Morgan fingerprint density at radius 1 is 1.10 bits per heavy atom. The van der Waals surface area contributed by atoms with Crippen LogP contribution in [0.15, 0.2) is 95.4 Å². The summed E-state index contributed by atoms with van der Waals surface area (Å²) in [4.78, 5) is 21.0. The summed E-state index contributed by atoms with van der Waals surface area (Å²) in [6.07, 6.45) is 19.7. The molecule has 3 heterocycles. The third kappa shape index (κ3) is 6.10. The molecule has 6 rings (SSSR count). The van der Waals surface area contributed by atoms with Crippen LogP contribution in [-0.4, -0.2) is 53.6 Å². The van der Waals surface area contributed by atoms with Crippen molar-refractivity contribution in [3.05, 3.63) is 108 Å². The highest BCUT2D eigenvalue weighted by atomic mass is 15.2. The standard InChI is InChI=1S/C33H35N7/c1-34-30-23-36-22-29(26-11-12-26)32(30)33(40-17-15-35-16-18-40)38-21-24-13-14-37-31(19-24)39-28-10-6-9-27(20-28)25-7-4-2-3-5-8-25/h2-4,6-10,13-14,19-20,22-23,26,35H,1,5,11-12,15-18,21H2,(H,37,39). The number of anilines is 2. The third-order valence-electron chi connectivity index (χ3n) is 7.48. The Morgan fingerprint density at radius 3 is 2.85 bits per heavy atom. The molecule has 1 saturated carbocycles. The summed E-state index contributed by atoms with van der Waals surface area (Å²) in [5.74, 6) is 2.33. The molecule has 2 aliphatic carbocycles. The van der Waals surface area contributed by atoms with Crippen LogP contribution >= 0.6 is 0 Å². The van der Waals surface area contributed by atoms with E-state index in [1.54, 1.807) is 0 Å². The van der Waals surface area contributed by atoms with Crippen LogP contribution in [0.2, 0.25) is 0 Å². The van der Waals surface area contributed by atoms with Crippen molar-refractivity contribution in [3.8, 4) is 0 Å². The van der Waals surface area contributed by atoms with Crippen molar-refractivity contribution >= 4 is 35.3 Å². The molecule has 0 amide bonds. The average Bonchev–Trinajstić information content (AvgIpc) is 3.86. The minimum absolute atomic E-state index is 0.533. The van der Waals surface area contributed by atoms with Crippen molar-refractivity contribution in [1.82, 2.24) is 20.2 Å². The number of aromatic nitrogens is 2. The first-order valence-corrected chi connectivity index (χ1v) is 14.1. The lowest BCUT2D eigenvalue weighted by molar-refractivity contribution is 0.357. The maximum Gasteiger partial charge on any atom is 0.133 e. The lowest BCUT2D eigenvalue weighted by Crippen LogP contribution is -2.47. The molecule has 2 N–H and O–H groups in total. The van der Waals surface area contributed by atoms with Gasteiger partial charge in [0.15, 0.2) is 0 Å². The number of nitrogens with zero attached hydrogens (tertiary/aromatic N) is 5. The number of nitrogens with one attached hydrogen (secondary N) is 2. The van der Waals surface area contributed by atoms with Crippen LogP contribution in [0.5, 0.6) is 0 Å². The third-order valence-corrected chi connectivity index (χ3v) is 7.48. The molecule has 0 bridgehead atoms. The number of benzene rings is 1. The van der Waals surface area contributed by atoms with Crippen molar-refractivity contribution in [2.45, 2.75) is 31.7 Å². The summed E-state index contributed by atoms with van der Waals surface area (Å²) >= 11 is 0. The number of hydrogen-bond acceptors (Lipinski definition) is 6. The number of aliphatic imine (C=N–C) groups is 2. The zero-order valence-electron chi connectivity index (χ0n) is 22.8. The van der Waals surface area contributed by atoms with E-state index < -0.39 is 0 Å². The van der Waals surface area contributed by atoms with Crippen LogP contribution in [0.25, 0.3) is 5.57 Å². The summed E-state index contributed by atoms with van der Waals surface area (Å²) in [7, 11) is 0. The van der Waals surface area contributed by atoms with E-state index in [-0.39, 0.29) is 0 Å². The van der Waals surface area contributed by atoms with Crippen molar-refractivity contribution in [2.75, 3.05) is 31.5 Å². The average molecular weight is 530 g/mol. The predicted octanol–water partition coefficient (Wildman–Crippen LogP) is 6.18. The van der Waals surface area contributed by atoms with Gasteiger partial charge in [0.05, 0.1) is 18.4 Å². The maximum atomic E-state index is 5.22. The topological polar surface area (TPSA) is 77.8 Å². The van der Waals surface area contributed by atoms with Gasteiger partial charge in [-0.1, -0.05) is 42.5 Å². The van der Waals surface area contributed by atoms with Gasteiger partial charge in [0, 0.05) is 49.8 Å². The Morgan fingerprint density at radius 2 is 2.00 bits per heavy atom. The van der Waals surface area contributed by atoms with Crippen LogP contribution in [-0.2, 0) is 6.54 Å². The molecule has 7 nitrogen and oxygen atoms in total. The number of hydrogen-bond donors (Lipinski definition) is 2. The second kappa shape index (κ2) is 12.2. The summed E-state index contributed by atoms with van der Waals surface area (Å²) in [6.45, 7) is 8.08. The number of amidine groups is 1. The molecule has 7 heteroatoms. The lowest BCUT2D eigenvalue weighted by atomic mass is 10.0. The smallest absolute Gasteiger partial charge is 0.133 e. The fourth-order valence-corrected chi connectivity index (χ4v) is 5.27. The Hall–Kier alpha value is -4.36. The Kier molecular flexibility index (Phi) is 7.91. The molecule has 0 atom stereocenters. The molecule has 0 spiro atoms. The predicted molar refractivity (Wildman–Crippen MR) is 165 cm³/mol. The molecular formula is C33H35N7. The number of allylic oxidation sites excluding steroid dienone is 6. The zero-order chi connectivity index (χ0) is 27.1. The summed E-state index contributed by atoms with van der Waals surface area (Å²) in [5.41, 5.74) is 7.66. The number of piperazine rings is 1. The van der Waals surface area contributed by atoms with E-state index in [0.717, 1.165) is 66.8 Å².